The molecule has 2 saturated heterocycles. The van der Waals surface area contributed by atoms with Crippen LogP contribution in [0, 0.1) is 0 Å². The van der Waals surface area contributed by atoms with Gasteiger partial charge in [0.05, 0.1) is 13.7 Å². The van der Waals surface area contributed by atoms with Gasteiger partial charge in [-0.05, 0) is 31.5 Å². The van der Waals surface area contributed by atoms with Crippen LogP contribution >= 0.6 is 11.8 Å². The van der Waals surface area contributed by atoms with E-state index in [1.54, 1.807) is 0 Å². The zero-order chi connectivity index (χ0) is 21.1. The number of fused-ring (bicyclic) bond motifs is 1. The van der Waals surface area contributed by atoms with E-state index in [1.807, 2.05) is 74.5 Å². The van der Waals surface area contributed by atoms with Gasteiger partial charge in [0.2, 0.25) is 0 Å². The molecule has 0 aliphatic carbocycles. The first-order valence-corrected chi connectivity index (χ1v) is 10.8. The largest absolute Gasteiger partial charge is 0.467 e. The molecule has 6 nitrogen and oxygen atoms in total. The van der Waals surface area contributed by atoms with Crippen molar-refractivity contribution in [1.29, 1.82) is 0 Å². The lowest BCUT2D eigenvalue weighted by Crippen LogP contribution is -2.58. The topological polar surface area (TPSA) is 63.2 Å². The van der Waals surface area contributed by atoms with Crippen LogP contribution < -0.4 is 0 Å². The van der Waals surface area contributed by atoms with E-state index in [2.05, 4.69) is 0 Å². The molecule has 0 saturated carbocycles. The van der Waals surface area contributed by atoms with E-state index >= 15 is 0 Å². The number of thioether (sulfide) groups is 1. The second-order valence-corrected chi connectivity index (χ2v) is 8.88. The monoisotopic (exact) mass is 430 g/mol. The van der Waals surface area contributed by atoms with E-state index in [4.69, 9.17) is 23.7 Å². The summed E-state index contributed by atoms with van der Waals surface area (Å²) in [7, 11) is 1.35. The Hall–Kier alpha value is -1.90. The van der Waals surface area contributed by atoms with Crippen molar-refractivity contribution in [3.05, 3.63) is 66.2 Å². The van der Waals surface area contributed by atoms with Crippen molar-refractivity contribution in [3.63, 3.8) is 0 Å². The molecule has 0 aromatic heterocycles. The highest BCUT2D eigenvalue weighted by molar-refractivity contribution is 7.99. The number of rotatable bonds is 6. The molecule has 0 radical (unpaired) electrons. The summed E-state index contributed by atoms with van der Waals surface area (Å²) < 4.78 is 29.8. The molecule has 2 aromatic carbocycles. The number of esters is 1. The Morgan fingerprint density at radius 2 is 1.63 bits per heavy atom. The average Bonchev–Trinajstić information content (AvgIpc) is 3.09. The van der Waals surface area contributed by atoms with Crippen LogP contribution in [-0.4, -0.2) is 48.7 Å². The van der Waals surface area contributed by atoms with Gasteiger partial charge in [-0.25, -0.2) is 4.79 Å². The van der Waals surface area contributed by atoms with Crippen molar-refractivity contribution in [2.24, 2.45) is 0 Å². The fourth-order valence-electron chi connectivity index (χ4n) is 3.74. The summed E-state index contributed by atoms with van der Waals surface area (Å²) in [6.07, 6.45) is -2.44. The second kappa shape index (κ2) is 9.08. The Kier molecular flexibility index (Phi) is 6.46. The Bertz CT molecular complexity index is 843. The fraction of sp³-hybridized carbons (Fsp3) is 0.435. The van der Waals surface area contributed by atoms with E-state index in [-0.39, 0.29) is 0 Å². The van der Waals surface area contributed by atoms with Gasteiger partial charge in [0.25, 0.3) is 0 Å². The van der Waals surface area contributed by atoms with E-state index in [9.17, 15) is 4.79 Å². The van der Waals surface area contributed by atoms with Gasteiger partial charge in [0.1, 0.15) is 23.7 Å². The lowest BCUT2D eigenvalue weighted by molar-refractivity contribution is -0.205. The van der Waals surface area contributed by atoms with Gasteiger partial charge in [-0.3, -0.25) is 0 Å². The molecule has 2 aliphatic heterocycles. The molecule has 2 aromatic rings. The molecular weight excluding hydrogens is 404 g/mol. The summed E-state index contributed by atoms with van der Waals surface area (Å²) in [5.41, 5.74) is 0.552. The highest BCUT2D eigenvalue weighted by Crippen LogP contribution is 2.44. The summed E-state index contributed by atoms with van der Waals surface area (Å²) in [5, 5.41) is 0. The first-order chi connectivity index (χ1) is 14.5. The smallest absolute Gasteiger partial charge is 0.337 e. The molecule has 2 aliphatic rings. The van der Waals surface area contributed by atoms with Crippen LogP contribution in [0.1, 0.15) is 19.4 Å². The van der Waals surface area contributed by atoms with Crippen LogP contribution in [0.2, 0.25) is 0 Å². The zero-order valence-corrected chi connectivity index (χ0v) is 18.0. The maximum Gasteiger partial charge on any atom is 0.337 e. The molecule has 0 spiro atoms. The number of methoxy groups -OCH3 is 1. The van der Waals surface area contributed by atoms with Crippen molar-refractivity contribution in [2.45, 2.75) is 61.0 Å². The Labute approximate surface area is 180 Å². The highest BCUT2D eigenvalue weighted by Gasteiger charge is 2.58. The molecule has 7 heteroatoms. The minimum Gasteiger partial charge on any atom is -0.467 e. The molecule has 2 heterocycles. The number of benzene rings is 2. The third-order valence-corrected chi connectivity index (χ3v) is 6.20. The van der Waals surface area contributed by atoms with Crippen LogP contribution in [0.3, 0.4) is 0 Å². The standard InChI is InChI=1S/C23H26O6S/c1-23(2)28-18-17(26-14-15-10-6-4-7-11-15)19(21(24)25-3)27-22(20(18)29-23)30-16-12-8-5-9-13-16/h4-13,17-20,22H,14H2,1-3H3/t17-,18-,19-,20-,22-/m0/s1. The Morgan fingerprint density at radius 3 is 2.30 bits per heavy atom. The summed E-state index contributed by atoms with van der Waals surface area (Å²) in [4.78, 5) is 13.6. The van der Waals surface area contributed by atoms with E-state index < -0.39 is 41.6 Å². The predicted octanol–water partition coefficient (Wildman–Crippen LogP) is 3.78. The lowest BCUT2D eigenvalue weighted by Gasteiger charge is -2.40. The first kappa shape index (κ1) is 21.3. The third-order valence-electron chi connectivity index (χ3n) is 5.05. The minimum absolute atomic E-state index is 0.325. The molecule has 160 valence electrons. The molecule has 5 atom stereocenters. The van der Waals surface area contributed by atoms with Gasteiger partial charge >= 0.3 is 5.97 Å². The van der Waals surface area contributed by atoms with Gasteiger partial charge in [-0.2, -0.15) is 0 Å². The summed E-state index contributed by atoms with van der Waals surface area (Å²) in [6, 6.07) is 19.6. The quantitative estimate of drug-likeness (QED) is 0.646. The number of carbonyl (C=O) groups excluding carboxylic acids is 1. The van der Waals surface area contributed by atoms with Crippen LogP contribution in [0.4, 0.5) is 0 Å². The molecule has 4 rings (SSSR count). The van der Waals surface area contributed by atoms with Crippen molar-refractivity contribution >= 4 is 17.7 Å². The van der Waals surface area contributed by atoms with Crippen LogP contribution in [0.5, 0.6) is 0 Å². The lowest BCUT2D eigenvalue weighted by atomic mass is 9.99. The molecule has 0 unspecified atom stereocenters. The predicted molar refractivity (Wildman–Crippen MR) is 112 cm³/mol. The van der Waals surface area contributed by atoms with E-state index in [0.717, 1.165) is 10.5 Å². The van der Waals surface area contributed by atoms with Crippen LogP contribution in [-0.2, 0) is 35.1 Å². The molecule has 0 amide bonds. The first-order valence-electron chi connectivity index (χ1n) is 9.93. The summed E-state index contributed by atoms with van der Waals surface area (Å²) in [6.45, 7) is 4.04. The van der Waals surface area contributed by atoms with Crippen molar-refractivity contribution < 1.29 is 28.5 Å². The number of carbonyl (C=O) groups is 1. The van der Waals surface area contributed by atoms with Gasteiger partial charge in [-0.1, -0.05) is 60.3 Å². The normalized spacial score (nSPS) is 29.9. The van der Waals surface area contributed by atoms with Crippen molar-refractivity contribution in [1.82, 2.24) is 0 Å². The summed E-state index contributed by atoms with van der Waals surface area (Å²) >= 11 is 1.50. The Balaban J connectivity index is 1.59. The number of ether oxygens (including phenoxy) is 5. The number of hydrogen-bond acceptors (Lipinski definition) is 7. The van der Waals surface area contributed by atoms with Crippen molar-refractivity contribution in [3.8, 4) is 0 Å². The van der Waals surface area contributed by atoms with Gasteiger partial charge in [0, 0.05) is 4.90 Å². The molecule has 30 heavy (non-hydrogen) atoms. The fourth-order valence-corrected chi connectivity index (χ4v) is 4.84. The highest BCUT2D eigenvalue weighted by atomic mass is 32.2. The maximum absolute atomic E-state index is 12.6. The third kappa shape index (κ3) is 4.71. The average molecular weight is 431 g/mol. The van der Waals surface area contributed by atoms with Gasteiger partial charge in [-0.15, -0.1) is 0 Å². The zero-order valence-electron chi connectivity index (χ0n) is 17.2. The van der Waals surface area contributed by atoms with E-state index in [1.165, 1.54) is 18.9 Å². The van der Waals surface area contributed by atoms with Gasteiger partial charge in [0.15, 0.2) is 11.9 Å². The SMILES string of the molecule is COC(=O)[C@H]1O[C@@H](Sc2ccccc2)[C@H]2OC(C)(C)O[C@H]2[C@@H]1OCc1ccccc1. The molecular formula is C23H26O6S. The summed E-state index contributed by atoms with van der Waals surface area (Å²) in [5.74, 6) is -1.30. The molecule has 2 fully saturated rings. The minimum atomic E-state index is -0.918. The maximum atomic E-state index is 12.6. The number of hydrogen-bond donors (Lipinski definition) is 0. The van der Waals surface area contributed by atoms with Crippen LogP contribution in [0.25, 0.3) is 0 Å². The van der Waals surface area contributed by atoms with E-state index in [0.29, 0.717) is 6.61 Å². The van der Waals surface area contributed by atoms with Crippen LogP contribution in [0.15, 0.2) is 65.6 Å². The second-order valence-electron chi connectivity index (χ2n) is 7.71. The molecule has 0 N–H and O–H groups in total. The molecule has 0 bridgehead atoms. The van der Waals surface area contributed by atoms with Crippen molar-refractivity contribution in [2.75, 3.05) is 7.11 Å². The Morgan fingerprint density at radius 1 is 1.00 bits per heavy atom. The van der Waals surface area contributed by atoms with Gasteiger partial charge < -0.3 is 23.7 Å².